The van der Waals surface area contributed by atoms with Crippen molar-refractivity contribution in [2.24, 2.45) is 5.92 Å². The highest BCUT2D eigenvalue weighted by Crippen LogP contribution is 2.22. The van der Waals surface area contributed by atoms with Gasteiger partial charge in [0.2, 0.25) is 5.91 Å². The highest BCUT2D eigenvalue weighted by Gasteiger charge is 2.25. The summed E-state index contributed by atoms with van der Waals surface area (Å²) in [7, 11) is 0. The normalized spacial score (nSPS) is 16.4. The number of carbonyl (C=O) groups excluding carboxylic acids is 1. The fraction of sp³-hybridized carbons (Fsp3) is 0.409. The van der Waals surface area contributed by atoms with Crippen molar-refractivity contribution >= 4 is 11.9 Å². The largest absolute Gasteiger partial charge is 0.478 e. The van der Waals surface area contributed by atoms with Gasteiger partial charge in [-0.25, -0.2) is 4.79 Å². The van der Waals surface area contributed by atoms with Crippen molar-refractivity contribution < 1.29 is 14.7 Å². The minimum absolute atomic E-state index is 0.255. The number of hydrogen-bond acceptors (Lipinski definition) is 3. The van der Waals surface area contributed by atoms with E-state index in [0.717, 1.165) is 50.8 Å². The summed E-state index contributed by atoms with van der Waals surface area (Å²) in [5.74, 6) is -0.187. The van der Waals surface area contributed by atoms with E-state index in [-0.39, 0.29) is 5.91 Å². The SMILES string of the molecule is O=C(O)c1ccc(CC2CCN(C(=O)CCCCc3cccnc3)C2)cc1. The first-order valence-corrected chi connectivity index (χ1v) is 9.61. The van der Waals surface area contributed by atoms with Gasteiger partial charge >= 0.3 is 5.97 Å². The second-order valence-corrected chi connectivity index (χ2v) is 7.27. The quantitative estimate of drug-likeness (QED) is 0.725. The van der Waals surface area contributed by atoms with Crippen LogP contribution in [0.5, 0.6) is 0 Å². The molecule has 1 amide bonds. The first-order chi connectivity index (χ1) is 13.1. The Bertz CT molecular complexity index is 759. The molecule has 1 aromatic heterocycles. The Balaban J connectivity index is 1.38. The van der Waals surface area contributed by atoms with Crippen molar-refractivity contribution in [2.45, 2.75) is 38.5 Å². The number of likely N-dealkylation sites (tertiary alicyclic amines) is 1. The first-order valence-electron chi connectivity index (χ1n) is 9.61. The molecule has 3 rings (SSSR count). The van der Waals surface area contributed by atoms with Gasteiger partial charge in [-0.3, -0.25) is 9.78 Å². The summed E-state index contributed by atoms with van der Waals surface area (Å²) in [5.41, 5.74) is 2.67. The molecule has 1 fully saturated rings. The molecule has 0 saturated carbocycles. The van der Waals surface area contributed by atoms with Gasteiger partial charge in [0.15, 0.2) is 0 Å². The Labute approximate surface area is 160 Å². The lowest BCUT2D eigenvalue weighted by Crippen LogP contribution is -2.28. The molecule has 142 valence electrons. The number of rotatable bonds is 8. The van der Waals surface area contributed by atoms with E-state index in [1.54, 1.807) is 18.3 Å². The molecule has 5 heteroatoms. The molecule has 0 aliphatic carbocycles. The number of carbonyl (C=O) groups is 2. The average Bonchev–Trinajstić information content (AvgIpc) is 3.15. The molecule has 27 heavy (non-hydrogen) atoms. The Hall–Kier alpha value is -2.69. The van der Waals surface area contributed by atoms with Crippen LogP contribution in [-0.4, -0.2) is 40.0 Å². The Kier molecular flexibility index (Phi) is 6.58. The molecule has 1 N–H and O–H groups in total. The number of carboxylic acids is 1. The highest BCUT2D eigenvalue weighted by atomic mass is 16.4. The third kappa shape index (κ3) is 5.64. The molecule has 2 heterocycles. The van der Waals surface area contributed by atoms with Crippen molar-refractivity contribution in [3.05, 3.63) is 65.5 Å². The number of unbranched alkanes of at least 4 members (excludes halogenated alkanes) is 1. The average molecular weight is 366 g/mol. The molecule has 0 bridgehead atoms. The fourth-order valence-electron chi connectivity index (χ4n) is 3.65. The topological polar surface area (TPSA) is 70.5 Å². The number of benzene rings is 1. The van der Waals surface area contributed by atoms with Crippen molar-refractivity contribution in [2.75, 3.05) is 13.1 Å². The summed E-state index contributed by atoms with van der Waals surface area (Å²) in [6.45, 7) is 1.64. The second kappa shape index (κ2) is 9.31. The number of carboxylic acid groups (broad SMARTS) is 1. The van der Waals surface area contributed by atoms with Gasteiger partial charge in [-0.2, -0.15) is 0 Å². The van der Waals surface area contributed by atoms with Crippen molar-refractivity contribution in [3.63, 3.8) is 0 Å². The van der Waals surface area contributed by atoms with Crippen LogP contribution < -0.4 is 0 Å². The molecular weight excluding hydrogens is 340 g/mol. The van der Waals surface area contributed by atoms with E-state index in [0.29, 0.717) is 17.9 Å². The van der Waals surface area contributed by atoms with Crippen LogP contribution >= 0.6 is 0 Å². The predicted molar refractivity (Wildman–Crippen MR) is 104 cm³/mol. The third-order valence-corrected chi connectivity index (χ3v) is 5.19. The van der Waals surface area contributed by atoms with Crippen LogP contribution in [0.25, 0.3) is 0 Å². The van der Waals surface area contributed by atoms with Gasteiger partial charge in [0.25, 0.3) is 0 Å². The number of pyridine rings is 1. The number of aryl methyl sites for hydroxylation is 1. The number of amides is 1. The van der Waals surface area contributed by atoms with Gasteiger partial charge in [-0.1, -0.05) is 18.2 Å². The molecular formula is C22H26N2O3. The maximum Gasteiger partial charge on any atom is 0.335 e. The standard InChI is InChI=1S/C22H26N2O3/c25-21(6-2-1-4-18-5-3-12-23-15-18)24-13-11-19(16-24)14-17-7-9-20(10-8-17)22(26)27/h3,5,7-10,12,15,19H,1-2,4,6,11,13-14,16H2,(H,26,27). The molecule has 0 spiro atoms. The molecule has 1 atom stereocenters. The van der Waals surface area contributed by atoms with Crippen LogP contribution in [0.15, 0.2) is 48.8 Å². The summed E-state index contributed by atoms with van der Waals surface area (Å²) in [6, 6.07) is 11.1. The monoisotopic (exact) mass is 366 g/mol. The minimum Gasteiger partial charge on any atom is -0.478 e. The zero-order valence-electron chi connectivity index (χ0n) is 15.5. The number of aromatic carboxylic acids is 1. The van der Waals surface area contributed by atoms with Crippen LogP contribution in [0, 0.1) is 5.92 Å². The molecule has 1 aromatic carbocycles. The minimum atomic E-state index is -0.900. The van der Waals surface area contributed by atoms with Gasteiger partial charge in [-0.05, 0) is 67.3 Å². The molecule has 0 radical (unpaired) electrons. The number of aromatic nitrogens is 1. The summed E-state index contributed by atoms with van der Waals surface area (Å²) >= 11 is 0. The van der Waals surface area contributed by atoms with Crippen LogP contribution in [-0.2, 0) is 17.6 Å². The number of hydrogen-bond donors (Lipinski definition) is 1. The van der Waals surface area contributed by atoms with E-state index >= 15 is 0 Å². The summed E-state index contributed by atoms with van der Waals surface area (Å²) in [5, 5.41) is 8.96. The predicted octanol–water partition coefficient (Wildman–Crippen LogP) is 3.58. The van der Waals surface area contributed by atoms with Crippen molar-refractivity contribution in [3.8, 4) is 0 Å². The Morgan fingerprint density at radius 2 is 1.93 bits per heavy atom. The van der Waals surface area contributed by atoms with E-state index in [2.05, 4.69) is 11.1 Å². The summed E-state index contributed by atoms with van der Waals surface area (Å²) in [6.07, 6.45) is 9.06. The third-order valence-electron chi connectivity index (χ3n) is 5.19. The van der Waals surface area contributed by atoms with Crippen molar-refractivity contribution in [1.29, 1.82) is 0 Å². The zero-order chi connectivity index (χ0) is 19.1. The molecule has 5 nitrogen and oxygen atoms in total. The summed E-state index contributed by atoms with van der Waals surface area (Å²) in [4.78, 5) is 29.4. The molecule has 2 aromatic rings. The van der Waals surface area contributed by atoms with Crippen LogP contribution in [0.2, 0.25) is 0 Å². The highest BCUT2D eigenvalue weighted by molar-refractivity contribution is 5.87. The Morgan fingerprint density at radius 1 is 1.11 bits per heavy atom. The van der Waals surface area contributed by atoms with Crippen LogP contribution in [0.4, 0.5) is 0 Å². The lowest BCUT2D eigenvalue weighted by Gasteiger charge is -2.16. The lowest BCUT2D eigenvalue weighted by atomic mass is 9.98. The van der Waals surface area contributed by atoms with Gasteiger partial charge in [0.1, 0.15) is 0 Å². The van der Waals surface area contributed by atoms with Gasteiger partial charge in [0.05, 0.1) is 5.56 Å². The van der Waals surface area contributed by atoms with Gasteiger partial charge in [0, 0.05) is 31.9 Å². The van der Waals surface area contributed by atoms with Crippen LogP contribution in [0.3, 0.4) is 0 Å². The zero-order valence-corrected chi connectivity index (χ0v) is 15.5. The number of nitrogens with zero attached hydrogens (tertiary/aromatic N) is 2. The van der Waals surface area contributed by atoms with E-state index in [1.165, 1.54) is 5.56 Å². The molecule has 1 aliphatic rings. The van der Waals surface area contributed by atoms with Gasteiger partial charge < -0.3 is 10.0 Å². The first kappa shape index (κ1) is 19.1. The second-order valence-electron chi connectivity index (χ2n) is 7.27. The maximum atomic E-state index is 12.4. The van der Waals surface area contributed by atoms with E-state index in [1.807, 2.05) is 29.3 Å². The Morgan fingerprint density at radius 3 is 2.63 bits per heavy atom. The molecule has 1 aliphatic heterocycles. The van der Waals surface area contributed by atoms with Crippen LogP contribution in [0.1, 0.15) is 47.2 Å². The molecule has 1 unspecified atom stereocenters. The fourth-order valence-corrected chi connectivity index (χ4v) is 3.65. The van der Waals surface area contributed by atoms with Crippen molar-refractivity contribution in [1.82, 2.24) is 9.88 Å². The smallest absolute Gasteiger partial charge is 0.335 e. The van der Waals surface area contributed by atoms with E-state index < -0.39 is 5.97 Å². The molecule has 1 saturated heterocycles. The lowest BCUT2D eigenvalue weighted by molar-refractivity contribution is -0.130. The van der Waals surface area contributed by atoms with E-state index in [4.69, 9.17) is 5.11 Å². The summed E-state index contributed by atoms with van der Waals surface area (Å²) < 4.78 is 0. The maximum absolute atomic E-state index is 12.4. The van der Waals surface area contributed by atoms with Gasteiger partial charge in [-0.15, -0.1) is 0 Å². The van der Waals surface area contributed by atoms with E-state index in [9.17, 15) is 9.59 Å².